The van der Waals surface area contributed by atoms with E-state index in [0.717, 1.165) is 46.1 Å². The highest BCUT2D eigenvalue weighted by molar-refractivity contribution is 4.88. The highest BCUT2D eigenvalue weighted by Crippen LogP contribution is 2.30. The molecule has 0 radical (unpaired) electrons. The number of nitrogens with one attached hydrogen (secondary N) is 1. The summed E-state index contributed by atoms with van der Waals surface area (Å²) in [6.45, 7) is 9.28. The van der Waals surface area contributed by atoms with Gasteiger partial charge in [0.1, 0.15) is 0 Å². The molecule has 0 aromatic heterocycles. The van der Waals surface area contributed by atoms with E-state index in [-0.39, 0.29) is 0 Å². The van der Waals surface area contributed by atoms with E-state index in [9.17, 15) is 0 Å². The second kappa shape index (κ2) is 8.32. The molecule has 4 heteroatoms. The van der Waals surface area contributed by atoms with E-state index >= 15 is 0 Å². The predicted molar refractivity (Wildman–Crippen MR) is 82.1 cm³/mol. The lowest BCUT2D eigenvalue weighted by Gasteiger charge is -2.43. The monoisotopic (exact) mass is 284 g/mol. The molecule has 0 aromatic carbocycles. The van der Waals surface area contributed by atoms with Crippen molar-refractivity contribution in [3.63, 3.8) is 0 Å². The molecule has 2 saturated heterocycles. The number of hydrogen-bond donors (Lipinski definition) is 1. The zero-order valence-electron chi connectivity index (χ0n) is 13.3. The zero-order valence-corrected chi connectivity index (χ0v) is 13.3. The summed E-state index contributed by atoms with van der Waals surface area (Å²) in [5, 5.41) is 3.62. The van der Waals surface area contributed by atoms with Crippen molar-refractivity contribution in [1.29, 1.82) is 0 Å². The number of rotatable bonds is 7. The van der Waals surface area contributed by atoms with E-state index in [4.69, 9.17) is 9.47 Å². The van der Waals surface area contributed by atoms with E-state index in [1.54, 1.807) is 0 Å². The van der Waals surface area contributed by atoms with Gasteiger partial charge in [0.25, 0.3) is 0 Å². The van der Waals surface area contributed by atoms with Gasteiger partial charge in [0.05, 0.1) is 6.61 Å². The molecule has 1 atom stereocenters. The lowest BCUT2D eigenvalue weighted by Crippen LogP contribution is -2.51. The van der Waals surface area contributed by atoms with Crippen LogP contribution in [0.2, 0.25) is 0 Å². The first-order valence-corrected chi connectivity index (χ1v) is 8.32. The summed E-state index contributed by atoms with van der Waals surface area (Å²) in [6.07, 6.45) is 6.05. The zero-order chi connectivity index (χ0) is 14.3. The van der Waals surface area contributed by atoms with Crippen LogP contribution in [0.4, 0.5) is 0 Å². The molecule has 0 aromatic rings. The van der Waals surface area contributed by atoms with Gasteiger partial charge >= 0.3 is 0 Å². The van der Waals surface area contributed by atoms with Crippen LogP contribution < -0.4 is 5.32 Å². The summed E-state index contributed by atoms with van der Waals surface area (Å²) in [4.78, 5) is 2.56. The number of nitrogens with zero attached hydrogens (tertiary/aromatic N) is 1. The van der Waals surface area contributed by atoms with Crippen molar-refractivity contribution < 1.29 is 9.47 Å². The molecule has 0 saturated carbocycles. The van der Waals surface area contributed by atoms with Gasteiger partial charge in [-0.15, -0.1) is 0 Å². The number of hydrogen-bond acceptors (Lipinski definition) is 4. The van der Waals surface area contributed by atoms with Crippen LogP contribution in [-0.2, 0) is 9.47 Å². The van der Waals surface area contributed by atoms with Gasteiger partial charge in [-0.05, 0) is 45.7 Å². The Labute approximate surface area is 124 Å². The number of ether oxygens (including phenoxy) is 2. The first-order chi connectivity index (χ1) is 9.76. The van der Waals surface area contributed by atoms with Gasteiger partial charge in [0.2, 0.25) is 0 Å². The lowest BCUT2D eigenvalue weighted by molar-refractivity contribution is -0.0384. The van der Waals surface area contributed by atoms with E-state index in [1.807, 2.05) is 0 Å². The topological polar surface area (TPSA) is 33.7 Å². The molecule has 2 fully saturated rings. The Hall–Kier alpha value is -0.160. The molecule has 20 heavy (non-hydrogen) atoms. The molecular formula is C16H32N2O2. The maximum atomic E-state index is 5.81. The molecule has 1 N–H and O–H groups in total. The fraction of sp³-hybridized carbons (Fsp3) is 1.00. The van der Waals surface area contributed by atoms with Crippen molar-refractivity contribution in [3.05, 3.63) is 0 Å². The fourth-order valence-corrected chi connectivity index (χ4v) is 3.54. The highest BCUT2D eigenvalue weighted by atomic mass is 16.5. The first-order valence-electron chi connectivity index (χ1n) is 8.32. The first kappa shape index (κ1) is 16.2. The van der Waals surface area contributed by atoms with Crippen LogP contribution in [0.15, 0.2) is 0 Å². The Bertz CT molecular complexity index is 261. The van der Waals surface area contributed by atoms with Crippen molar-refractivity contribution in [2.24, 2.45) is 5.41 Å². The summed E-state index contributed by atoms with van der Waals surface area (Å²) >= 11 is 0. The molecule has 118 valence electrons. The van der Waals surface area contributed by atoms with Crippen molar-refractivity contribution in [2.45, 2.75) is 45.1 Å². The van der Waals surface area contributed by atoms with Gasteiger partial charge < -0.3 is 19.7 Å². The summed E-state index contributed by atoms with van der Waals surface area (Å²) in [5.74, 6) is 0. The minimum absolute atomic E-state index is 0.306. The Balaban J connectivity index is 1.88. The van der Waals surface area contributed by atoms with Crippen LogP contribution in [0, 0.1) is 5.41 Å². The average Bonchev–Trinajstić information content (AvgIpc) is 2.49. The van der Waals surface area contributed by atoms with Gasteiger partial charge in [-0.2, -0.15) is 0 Å². The largest absolute Gasteiger partial charge is 0.381 e. The molecule has 2 aliphatic rings. The van der Waals surface area contributed by atoms with Gasteiger partial charge in [-0.1, -0.05) is 6.92 Å². The van der Waals surface area contributed by atoms with E-state index in [1.165, 1.54) is 32.1 Å². The van der Waals surface area contributed by atoms with Crippen molar-refractivity contribution >= 4 is 0 Å². The smallest absolute Gasteiger partial charge is 0.0546 e. The molecule has 0 aliphatic carbocycles. The summed E-state index contributed by atoms with van der Waals surface area (Å²) in [7, 11) is 2.28. The minimum Gasteiger partial charge on any atom is -0.381 e. The van der Waals surface area contributed by atoms with Gasteiger partial charge in [-0.3, -0.25) is 0 Å². The molecule has 4 nitrogen and oxygen atoms in total. The van der Waals surface area contributed by atoms with Crippen molar-refractivity contribution in [3.8, 4) is 0 Å². The van der Waals surface area contributed by atoms with Gasteiger partial charge in [0, 0.05) is 44.4 Å². The third-order valence-corrected chi connectivity index (χ3v) is 4.73. The summed E-state index contributed by atoms with van der Waals surface area (Å²) < 4.78 is 11.3. The Morgan fingerprint density at radius 1 is 1.20 bits per heavy atom. The molecular weight excluding hydrogens is 252 g/mol. The van der Waals surface area contributed by atoms with E-state index in [0.29, 0.717) is 11.5 Å². The fourth-order valence-electron chi connectivity index (χ4n) is 3.54. The Kier molecular flexibility index (Phi) is 6.75. The van der Waals surface area contributed by atoms with E-state index in [2.05, 4.69) is 24.2 Å². The van der Waals surface area contributed by atoms with Crippen LogP contribution in [0.1, 0.15) is 39.0 Å². The van der Waals surface area contributed by atoms with Crippen LogP contribution in [-0.4, -0.2) is 64.1 Å². The molecule has 0 bridgehead atoms. The summed E-state index contributed by atoms with van der Waals surface area (Å²) in [5.41, 5.74) is 0.306. The highest BCUT2D eigenvalue weighted by Gasteiger charge is 2.35. The van der Waals surface area contributed by atoms with Crippen LogP contribution in [0.25, 0.3) is 0 Å². The van der Waals surface area contributed by atoms with Gasteiger partial charge in [0.15, 0.2) is 0 Å². The molecule has 1 unspecified atom stereocenters. The third-order valence-electron chi connectivity index (χ3n) is 4.73. The Morgan fingerprint density at radius 3 is 2.65 bits per heavy atom. The molecule has 2 rings (SSSR count). The third kappa shape index (κ3) is 4.69. The average molecular weight is 284 g/mol. The predicted octanol–water partition coefficient (Wildman–Crippen LogP) is 1.89. The van der Waals surface area contributed by atoms with E-state index < -0.39 is 0 Å². The second-order valence-corrected chi connectivity index (χ2v) is 6.59. The van der Waals surface area contributed by atoms with Crippen LogP contribution in [0.5, 0.6) is 0 Å². The lowest BCUT2D eigenvalue weighted by atomic mass is 9.81. The molecule has 0 spiro atoms. The maximum Gasteiger partial charge on any atom is 0.0546 e. The summed E-state index contributed by atoms with van der Waals surface area (Å²) in [6, 6.07) is 0.689. The maximum absolute atomic E-state index is 5.81. The minimum atomic E-state index is 0.306. The Morgan fingerprint density at radius 2 is 2.00 bits per heavy atom. The second-order valence-electron chi connectivity index (χ2n) is 6.59. The van der Waals surface area contributed by atoms with Crippen LogP contribution in [0.3, 0.4) is 0 Å². The molecule has 2 heterocycles. The normalized spacial score (nSPS) is 28.9. The molecule has 0 amide bonds. The molecule has 2 aliphatic heterocycles. The van der Waals surface area contributed by atoms with Crippen molar-refractivity contribution in [2.75, 3.05) is 53.1 Å². The standard InChI is InChI=1S/C16H32N2O2/c1-3-8-17-12-16(7-4-9-20-14-16)13-18(2)15-5-10-19-11-6-15/h15,17H,3-14H2,1-2H3. The van der Waals surface area contributed by atoms with Crippen LogP contribution >= 0.6 is 0 Å². The van der Waals surface area contributed by atoms with Gasteiger partial charge in [-0.25, -0.2) is 0 Å². The quantitative estimate of drug-likeness (QED) is 0.724. The SMILES string of the molecule is CCCNCC1(CN(C)C2CCOCC2)CCCOC1. The van der Waals surface area contributed by atoms with Crippen molar-refractivity contribution in [1.82, 2.24) is 10.2 Å².